The number of nitrogens with zero attached hydrogens (tertiary/aromatic N) is 1. The van der Waals surface area contributed by atoms with E-state index in [1.807, 2.05) is 32.0 Å². The highest BCUT2D eigenvalue weighted by Gasteiger charge is 2.16. The molecule has 0 radical (unpaired) electrons. The van der Waals surface area contributed by atoms with Crippen LogP contribution in [-0.4, -0.2) is 12.5 Å². The number of hydrogen-bond donors (Lipinski definition) is 1. The van der Waals surface area contributed by atoms with Gasteiger partial charge in [-0.15, -0.1) is 0 Å². The Balaban J connectivity index is 1.86. The summed E-state index contributed by atoms with van der Waals surface area (Å²) in [7, 11) is 0. The van der Waals surface area contributed by atoms with Gasteiger partial charge in [0.1, 0.15) is 24.1 Å². The molecule has 1 amide bonds. The Morgan fingerprint density at radius 3 is 2.56 bits per heavy atom. The number of ether oxygens (including phenoxy) is 2. The first kappa shape index (κ1) is 24.8. The lowest BCUT2D eigenvalue weighted by molar-refractivity contribution is -0.112. The molecule has 0 saturated carbocycles. The van der Waals surface area contributed by atoms with Crippen LogP contribution < -0.4 is 14.8 Å². The van der Waals surface area contributed by atoms with E-state index < -0.39 is 5.91 Å². The summed E-state index contributed by atoms with van der Waals surface area (Å²) in [6.07, 6.45) is 1.42. The Morgan fingerprint density at radius 2 is 1.88 bits per heavy atom. The maximum atomic E-state index is 13.9. The van der Waals surface area contributed by atoms with Crippen molar-refractivity contribution in [3.8, 4) is 17.6 Å². The number of nitrogens with one attached hydrogen (secondary N) is 1. The summed E-state index contributed by atoms with van der Waals surface area (Å²) >= 11 is 6.43. The number of amides is 1. The highest BCUT2D eigenvalue weighted by Crippen LogP contribution is 2.38. The van der Waals surface area contributed by atoms with Crippen LogP contribution in [0.25, 0.3) is 6.08 Å². The molecule has 174 valence electrons. The van der Waals surface area contributed by atoms with Crippen molar-refractivity contribution in [1.29, 1.82) is 5.26 Å². The van der Waals surface area contributed by atoms with Gasteiger partial charge in [-0.25, -0.2) is 4.39 Å². The molecule has 3 aromatic rings. The van der Waals surface area contributed by atoms with Crippen LogP contribution in [0.2, 0.25) is 5.02 Å². The molecule has 3 rings (SSSR count). The molecule has 0 aliphatic rings. The molecule has 0 saturated heterocycles. The lowest BCUT2D eigenvalue weighted by Gasteiger charge is -2.15. The van der Waals surface area contributed by atoms with E-state index in [1.165, 1.54) is 12.1 Å². The third-order valence-electron chi connectivity index (χ3n) is 5.10. The Morgan fingerprint density at radius 1 is 1.12 bits per heavy atom. The number of anilines is 1. The quantitative estimate of drug-likeness (QED) is 0.292. The van der Waals surface area contributed by atoms with Gasteiger partial charge in [-0.05, 0) is 73.9 Å². The zero-order valence-electron chi connectivity index (χ0n) is 19.1. The number of nitriles is 1. The molecule has 7 heteroatoms. The largest absolute Gasteiger partial charge is 0.490 e. The maximum Gasteiger partial charge on any atom is 0.266 e. The number of aryl methyl sites for hydroxylation is 2. The lowest BCUT2D eigenvalue weighted by Crippen LogP contribution is -2.13. The maximum absolute atomic E-state index is 13.9. The van der Waals surface area contributed by atoms with Crippen LogP contribution in [0, 0.1) is 31.0 Å². The second-order valence-corrected chi connectivity index (χ2v) is 7.97. The smallest absolute Gasteiger partial charge is 0.266 e. The van der Waals surface area contributed by atoms with Gasteiger partial charge in [-0.3, -0.25) is 4.79 Å². The van der Waals surface area contributed by atoms with E-state index in [-0.39, 0.29) is 28.8 Å². The van der Waals surface area contributed by atoms with Gasteiger partial charge in [-0.1, -0.05) is 35.9 Å². The summed E-state index contributed by atoms with van der Waals surface area (Å²) < 4.78 is 25.4. The molecule has 0 heterocycles. The Kier molecular flexibility index (Phi) is 8.29. The van der Waals surface area contributed by atoms with Crippen LogP contribution in [0.5, 0.6) is 11.5 Å². The minimum absolute atomic E-state index is 0.0382. The van der Waals surface area contributed by atoms with Gasteiger partial charge in [0, 0.05) is 11.3 Å². The fraction of sp³-hybridized carbons (Fsp3) is 0.185. The van der Waals surface area contributed by atoms with Gasteiger partial charge in [0.2, 0.25) is 0 Å². The van der Waals surface area contributed by atoms with Crippen molar-refractivity contribution >= 4 is 29.3 Å². The number of rotatable bonds is 8. The zero-order valence-corrected chi connectivity index (χ0v) is 19.9. The third-order valence-corrected chi connectivity index (χ3v) is 5.38. The van der Waals surface area contributed by atoms with Crippen LogP contribution in [0.4, 0.5) is 10.1 Å². The molecule has 0 aliphatic carbocycles. The van der Waals surface area contributed by atoms with Crippen molar-refractivity contribution in [1.82, 2.24) is 0 Å². The van der Waals surface area contributed by atoms with Crippen molar-refractivity contribution in [2.24, 2.45) is 0 Å². The molecule has 34 heavy (non-hydrogen) atoms. The SMILES string of the molecule is CCOc1cc(/C=C(\C#N)C(=O)Nc2ccc(C)c(C)c2)cc(Cl)c1OCc1ccccc1F. The first-order valence-electron chi connectivity index (χ1n) is 10.6. The van der Waals surface area contributed by atoms with Gasteiger partial charge in [0.15, 0.2) is 11.5 Å². The molecule has 0 atom stereocenters. The minimum atomic E-state index is -0.542. The minimum Gasteiger partial charge on any atom is -0.490 e. The van der Waals surface area contributed by atoms with Gasteiger partial charge < -0.3 is 14.8 Å². The number of carbonyl (C=O) groups excluding carboxylic acids is 1. The van der Waals surface area contributed by atoms with Crippen molar-refractivity contribution < 1.29 is 18.7 Å². The number of benzene rings is 3. The fourth-order valence-corrected chi connectivity index (χ4v) is 3.45. The number of halogens is 2. The van der Waals surface area contributed by atoms with Crippen LogP contribution in [0.3, 0.4) is 0 Å². The predicted molar refractivity (Wildman–Crippen MR) is 131 cm³/mol. The molecule has 1 N–H and O–H groups in total. The molecule has 0 bridgehead atoms. The molecular formula is C27H24ClFN2O3. The van der Waals surface area contributed by atoms with Gasteiger partial charge in [0.25, 0.3) is 5.91 Å². The highest BCUT2D eigenvalue weighted by molar-refractivity contribution is 6.32. The number of carbonyl (C=O) groups is 1. The second-order valence-electron chi connectivity index (χ2n) is 7.57. The average Bonchev–Trinajstić information content (AvgIpc) is 2.80. The molecule has 0 aromatic heterocycles. The molecule has 5 nitrogen and oxygen atoms in total. The van der Waals surface area contributed by atoms with Crippen molar-refractivity contribution in [2.75, 3.05) is 11.9 Å². The van der Waals surface area contributed by atoms with Crippen LogP contribution in [0.15, 0.2) is 60.2 Å². The van der Waals surface area contributed by atoms with Crippen molar-refractivity contribution in [2.45, 2.75) is 27.4 Å². The van der Waals surface area contributed by atoms with E-state index in [1.54, 1.807) is 43.3 Å². The highest BCUT2D eigenvalue weighted by atomic mass is 35.5. The Bertz CT molecular complexity index is 1280. The van der Waals surface area contributed by atoms with Crippen molar-refractivity contribution in [3.05, 3.63) is 93.3 Å². The number of hydrogen-bond acceptors (Lipinski definition) is 4. The second kappa shape index (κ2) is 11.4. The fourth-order valence-electron chi connectivity index (χ4n) is 3.17. The van der Waals surface area contributed by atoms with Crippen LogP contribution in [-0.2, 0) is 11.4 Å². The Labute approximate surface area is 203 Å². The van der Waals surface area contributed by atoms with E-state index in [9.17, 15) is 14.4 Å². The molecule has 0 aliphatic heterocycles. The van der Waals surface area contributed by atoms with E-state index in [4.69, 9.17) is 21.1 Å². The van der Waals surface area contributed by atoms with Gasteiger partial charge in [0.05, 0.1) is 11.6 Å². The summed E-state index contributed by atoms with van der Waals surface area (Å²) in [4.78, 5) is 12.7. The van der Waals surface area contributed by atoms with Crippen LogP contribution in [0.1, 0.15) is 29.2 Å². The topological polar surface area (TPSA) is 71.3 Å². The summed E-state index contributed by atoms with van der Waals surface area (Å²) in [5, 5.41) is 12.5. The normalized spacial score (nSPS) is 11.0. The summed E-state index contributed by atoms with van der Waals surface area (Å²) in [6, 6.07) is 16.9. The first-order chi connectivity index (χ1) is 16.3. The molecule has 0 fully saturated rings. The van der Waals surface area contributed by atoms with E-state index in [0.29, 0.717) is 29.2 Å². The van der Waals surface area contributed by atoms with E-state index in [2.05, 4.69) is 5.32 Å². The molecule has 0 unspecified atom stereocenters. The lowest BCUT2D eigenvalue weighted by atomic mass is 10.1. The summed E-state index contributed by atoms with van der Waals surface area (Å²) in [5.74, 6) is -0.351. The predicted octanol–water partition coefficient (Wildman–Crippen LogP) is 6.62. The summed E-state index contributed by atoms with van der Waals surface area (Å²) in [6.45, 7) is 6.01. The third kappa shape index (κ3) is 6.15. The van der Waals surface area contributed by atoms with E-state index >= 15 is 0 Å². The Hall–Kier alpha value is -3.82. The molecular weight excluding hydrogens is 455 g/mol. The van der Waals surface area contributed by atoms with Gasteiger partial charge in [-0.2, -0.15) is 5.26 Å². The zero-order chi connectivity index (χ0) is 24.7. The standard InChI is InChI=1S/C27H24ClFN2O3/c1-4-33-25-14-19(13-23(28)26(25)34-16-20-7-5-6-8-24(20)29)12-21(15-30)27(32)31-22-10-9-17(2)18(3)11-22/h5-14H,4,16H2,1-3H3,(H,31,32)/b21-12+. The monoisotopic (exact) mass is 478 g/mol. The van der Waals surface area contributed by atoms with E-state index in [0.717, 1.165) is 11.1 Å². The van der Waals surface area contributed by atoms with Gasteiger partial charge >= 0.3 is 0 Å². The van der Waals surface area contributed by atoms with Crippen molar-refractivity contribution in [3.63, 3.8) is 0 Å². The molecule has 0 spiro atoms. The molecule has 3 aromatic carbocycles. The average molecular weight is 479 g/mol. The summed E-state index contributed by atoms with van der Waals surface area (Å²) in [5.41, 5.74) is 3.48. The van der Waals surface area contributed by atoms with Crippen LogP contribution >= 0.6 is 11.6 Å². The first-order valence-corrected chi connectivity index (χ1v) is 11.0.